The van der Waals surface area contributed by atoms with Crippen molar-refractivity contribution < 1.29 is 5.11 Å². The summed E-state index contributed by atoms with van der Waals surface area (Å²) in [6, 6.07) is 0. The monoisotopic (exact) mass is 299 g/mol. The average Bonchev–Trinajstić information content (AvgIpc) is 3.08. The number of anilines is 1. The molecule has 0 bridgehead atoms. The van der Waals surface area contributed by atoms with Crippen molar-refractivity contribution in [1.29, 1.82) is 0 Å². The summed E-state index contributed by atoms with van der Waals surface area (Å²) in [5.41, 5.74) is -0.470. The van der Waals surface area contributed by atoms with Gasteiger partial charge in [0.1, 0.15) is 0 Å². The second-order valence-corrected chi connectivity index (χ2v) is 7.80. The molecule has 0 unspecified atom stereocenters. The molecule has 2 aliphatic rings. The third-order valence-electron chi connectivity index (χ3n) is 4.02. The molecule has 2 heterocycles. The number of rotatable bonds is 4. The van der Waals surface area contributed by atoms with Crippen molar-refractivity contribution >= 4 is 28.2 Å². The molecule has 0 spiro atoms. The van der Waals surface area contributed by atoms with Crippen LogP contribution in [-0.2, 0) is 0 Å². The number of aromatic nitrogens is 2. The van der Waals surface area contributed by atoms with E-state index in [4.69, 9.17) is 0 Å². The highest BCUT2D eigenvalue weighted by atomic mass is 32.2. The van der Waals surface area contributed by atoms with E-state index in [1.807, 2.05) is 0 Å². The first kappa shape index (κ1) is 13.6. The SMILES string of the molecule is OC1(CSc2nnc(N3CCCC3)s2)CCCCC1. The van der Waals surface area contributed by atoms with Crippen LogP contribution >= 0.6 is 23.1 Å². The molecule has 1 aromatic heterocycles. The molecule has 0 aromatic carbocycles. The lowest BCUT2D eigenvalue weighted by Crippen LogP contribution is -2.33. The molecule has 0 atom stereocenters. The van der Waals surface area contributed by atoms with Gasteiger partial charge in [0, 0.05) is 18.8 Å². The van der Waals surface area contributed by atoms with Crippen LogP contribution in [0.5, 0.6) is 0 Å². The third-order valence-corrected chi connectivity index (χ3v) is 6.41. The van der Waals surface area contributed by atoms with Crippen LogP contribution in [0.15, 0.2) is 4.34 Å². The summed E-state index contributed by atoms with van der Waals surface area (Å²) in [6.45, 7) is 2.23. The van der Waals surface area contributed by atoms with Crippen molar-refractivity contribution in [2.75, 3.05) is 23.7 Å². The number of hydrogen-bond acceptors (Lipinski definition) is 6. The van der Waals surface area contributed by atoms with Crippen LogP contribution in [0, 0.1) is 0 Å². The Morgan fingerprint density at radius 1 is 1.11 bits per heavy atom. The van der Waals surface area contributed by atoms with Gasteiger partial charge < -0.3 is 10.0 Å². The maximum atomic E-state index is 10.5. The maximum Gasteiger partial charge on any atom is 0.209 e. The van der Waals surface area contributed by atoms with Crippen LogP contribution in [-0.4, -0.2) is 39.7 Å². The van der Waals surface area contributed by atoms with Gasteiger partial charge in [0.2, 0.25) is 5.13 Å². The largest absolute Gasteiger partial charge is 0.389 e. The van der Waals surface area contributed by atoms with Crippen molar-refractivity contribution in [3.8, 4) is 0 Å². The highest BCUT2D eigenvalue weighted by Crippen LogP contribution is 2.36. The van der Waals surface area contributed by atoms with Crippen LogP contribution in [0.3, 0.4) is 0 Å². The Morgan fingerprint density at radius 3 is 2.58 bits per heavy atom. The fourth-order valence-electron chi connectivity index (χ4n) is 2.85. The van der Waals surface area contributed by atoms with E-state index < -0.39 is 5.60 Å². The van der Waals surface area contributed by atoms with Crippen molar-refractivity contribution in [3.63, 3.8) is 0 Å². The van der Waals surface area contributed by atoms with Crippen LogP contribution in [0.2, 0.25) is 0 Å². The van der Waals surface area contributed by atoms with Crippen LogP contribution in [0.25, 0.3) is 0 Å². The number of aliphatic hydroxyl groups is 1. The van der Waals surface area contributed by atoms with Gasteiger partial charge in [-0.2, -0.15) is 0 Å². The normalized spacial score (nSPS) is 22.9. The highest BCUT2D eigenvalue weighted by Gasteiger charge is 2.29. The third kappa shape index (κ3) is 3.41. The molecule has 4 nitrogen and oxygen atoms in total. The van der Waals surface area contributed by atoms with E-state index in [1.165, 1.54) is 19.3 Å². The van der Waals surface area contributed by atoms with Gasteiger partial charge in [-0.1, -0.05) is 42.4 Å². The first-order chi connectivity index (χ1) is 9.25. The van der Waals surface area contributed by atoms with Crippen molar-refractivity contribution in [1.82, 2.24) is 10.2 Å². The van der Waals surface area contributed by atoms with Gasteiger partial charge in [0.05, 0.1) is 5.60 Å². The fourth-order valence-corrected chi connectivity index (χ4v) is 4.89. The molecule has 1 saturated heterocycles. The first-order valence-electron chi connectivity index (χ1n) is 7.19. The minimum absolute atomic E-state index is 0.470. The molecule has 19 heavy (non-hydrogen) atoms. The number of hydrogen-bond donors (Lipinski definition) is 1. The minimum atomic E-state index is -0.470. The lowest BCUT2D eigenvalue weighted by atomic mass is 9.86. The molecule has 1 N–H and O–H groups in total. The predicted molar refractivity (Wildman–Crippen MR) is 80.1 cm³/mol. The van der Waals surface area contributed by atoms with Gasteiger partial charge in [-0.15, -0.1) is 10.2 Å². The quantitative estimate of drug-likeness (QED) is 0.866. The molecular weight excluding hydrogens is 278 g/mol. The Bertz CT molecular complexity index is 412. The van der Waals surface area contributed by atoms with Gasteiger partial charge in [-0.25, -0.2) is 0 Å². The Labute approximate surface area is 122 Å². The molecule has 0 amide bonds. The summed E-state index contributed by atoms with van der Waals surface area (Å²) in [5, 5.41) is 20.1. The van der Waals surface area contributed by atoms with Crippen molar-refractivity contribution in [2.45, 2.75) is 54.9 Å². The van der Waals surface area contributed by atoms with Crippen LogP contribution in [0.1, 0.15) is 44.9 Å². The summed E-state index contributed by atoms with van der Waals surface area (Å²) in [7, 11) is 0. The minimum Gasteiger partial charge on any atom is -0.389 e. The molecule has 0 radical (unpaired) electrons. The lowest BCUT2D eigenvalue weighted by molar-refractivity contribution is 0.0273. The van der Waals surface area contributed by atoms with E-state index in [9.17, 15) is 5.11 Å². The number of thioether (sulfide) groups is 1. The summed E-state index contributed by atoms with van der Waals surface area (Å²) in [4.78, 5) is 2.32. The molecule has 1 aliphatic heterocycles. The number of nitrogens with zero attached hydrogens (tertiary/aromatic N) is 3. The average molecular weight is 299 g/mol. The lowest BCUT2D eigenvalue weighted by Gasteiger charge is -2.31. The van der Waals surface area contributed by atoms with E-state index in [1.54, 1.807) is 23.1 Å². The van der Waals surface area contributed by atoms with Gasteiger partial charge in [-0.05, 0) is 25.7 Å². The van der Waals surface area contributed by atoms with Crippen LogP contribution in [0.4, 0.5) is 5.13 Å². The zero-order valence-corrected chi connectivity index (χ0v) is 12.8. The van der Waals surface area contributed by atoms with Gasteiger partial charge >= 0.3 is 0 Å². The topological polar surface area (TPSA) is 49.3 Å². The maximum absolute atomic E-state index is 10.5. The molecule has 1 aromatic rings. The summed E-state index contributed by atoms with van der Waals surface area (Å²) < 4.78 is 1.00. The fraction of sp³-hybridized carbons (Fsp3) is 0.846. The second-order valence-electron chi connectivity index (χ2n) is 5.62. The zero-order chi connectivity index (χ0) is 13.1. The molecule has 1 aliphatic carbocycles. The Morgan fingerprint density at radius 2 is 1.84 bits per heavy atom. The summed E-state index contributed by atoms with van der Waals surface area (Å²) >= 11 is 3.35. The van der Waals surface area contributed by atoms with Crippen molar-refractivity contribution in [2.24, 2.45) is 0 Å². The molecule has 2 fully saturated rings. The van der Waals surface area contributed by atoms with Crippen LogP contribution < -0.4 is 4.90 Å². The van der Waals surface area contributed by atoms with E-state index in [0.717, 1.165) is 54.0 Å². The molecule has 3 rings (SSSR count). The Hall–Kier alpha value is -0.330. The van der Waals surface area contributed by atoms with E-state index in [2.05, 4.69) is 15.1 Å². The highest BCUT2D eigenvalue weighted by molar-refractivity contribution is 8.01. The van der Waals surface area contributed by atoms with E-state index >= 15 is 0 Å². The molecule has 6 heteroatoms. The van der Waals surface area contributed by atoms with Gasteiger partial charge in [-0.3, -0.25) is 0 Å². The molecule has 1 saturated carbocycles. The van der Waals surface area contributed by atoms with Gasteiger partial charge in [0.25, 0.3) is 0 Å². The predicted octanol–water partition coefficient (Wildman–Crippen LogP) is 2.93. The summed E-state index contributed by atoms with van der Waals surface area (Å²) in [6.07, 6.45) is 8.00. The van der Waals surface area contributed by atoms with Crippen molar-refractivity contribution in [3.05, 3.63) is 0 Å². The summed E-state index contributed by atoms with van der Waals surface area (Å²) in [5.74, 6) is 0.766. The standard InChI is InChI=1S/C13H21N3OS2/c17-13(6-2-1-3-7-13)10-18-12-15-14-11(19-12)16-8-4-5-9-16/h17H,1-10H2. The smallest absolute Gasteiger partial charge is 0.209 e. The zero-order valence-electron chi connectivity index (χ0n) is 11.2. The Balaban J connectivity index is 1.55. The van der Waals surface area contributed by atoms with E-state index in [0.29, 0.717) is 0 Å². The van der Waals surface area contributed by atoms with Gasteiger partial charge in [0.15, 0.2) is 4.34 Å². The second kappa shape index (κ2) is 5.97. The molecular formula is C13H21N3OS2. The Kier molecular flexibility index (Phi) is 4.29. The first-order valence-corrected chi connectivity index (χ1v) is 8.99. The van der Waals surface area contributed by atoms with E-state index in [-0.39, 0.29) is 0 Å². The molecule has 106 valence electrons.